The first kappa shape index (κ1) is 24.2. The molecular formula is C23H18F5N5O2. The van der Waals surface area contributed by atoms with Crippen LogP contribution in [0.4, 0.5) is 27.6 Å². The maximum atomic E-state index is 14.5. The Bertz CT molecular complexity index is 1350. The van der Waals surface area contributed by atoms with Crippen molar-refractivity contribution in [1.82, 2.24) is 14.5 Å². The number of carbonyl (C=O) groups excluding carboxylic acids is 1. The summed E-state index contributed by atoms with van der Waals surface area (Å²) in [4.78, 5) is 21.2. The van der Waals surface area contributed by atoms with Crippen LogP contribution in [0.3, 0.4) is 0 Å². The lowest BCUT2D eigenvalue weighted by molar-refractivity contribution is -0.142. The highest BCUT2D eigenvalue weighted by Gasteiger charge is 2.44. The van der Waals surface area contributed by atoms with Gasteiger partial charge in [0.1, 0.15) is 11.6 Å². The van der Waals surface area contributed by atoms with Crippen LogP contribution in [0.25, 0.3) is 21.9 Å². The van der Waals surface area contributed by atoms with Gasteiger partial charge in [0.15, 0.2) is 23.0 Å². The molecule has 182 valence electrons. The molecule has 4 rings (SSSR count). The van der Waals surface area contributed by atoms with Crippen molar-refractivity contribution in [2.75, 3.05) is 20.2 Å². The highest BCUT2D eigenvalue weighted by Crippen LogP contribution is 2.39. The molecule has 2 N–H and O–H groups in total. The molecule has 1 aromatic heterocycles. The van der Waals surface area contributed by atoms with Crippen molar-refractivity contribution in [3.63, 3.8) is 0 Å². The Hall–Kier alpha value is -3.98. The first-order chi connectivity index (χ1) is 16.5. The second-order valence-electron chi connectivity index (χ2n) is 7.86. The molecule has 0 spiro atoms. The number of amides is 1. The van der Waals surface area contributed by atoms with Crippen molar-refractivity contribution in [3.05, 3.63) is 70.8 Å². The second kappa shape index (κ2) is 8.99. The van der Waals surface area contributed by atoms with E-state index >= 15 is 0 Å². The zero-order valence-electron chi connectivity index (χ0n) is 18.2. The average molecular weight is 491 g/mol. The molecule has 0 aliphatic carbocycles. The van der Waals surface area contributed by atoms with Gasteiger partial charge in [-0.1, -0.05) is 12.1 Å². The minimum absolute atomic E-state index is 0.0455. The molecule has 12 heteroatoms. The van der Waals surface area contributed by atoms with Crippen molar-refractivity contribution < 1.29 is 31.5 Å². The number of alkyl halides is 3. The number of likely N-dealkylation sites (tertiary alicyclic amines) is 1. The van der Waals surface area contributed by atoms with Gasteiger partial charge in [-0.25, -0.2) is 18.6 Å². The molecule has 0 radical (unpaired) electrons. The number of imidazole rings is 1. The molecule has 1 saturated heterocycles. The third-order valence-corrected chi connectivity index (χ3v) is 5.58. The van der Waals surface area contributed by atoms with E-state index in [0.717, 1.165) is 35.2 Å². The average Bonchev–Trinajstić information content (AvgIpc) is 3.42. The number of nitrogens with zero attached hydrogens (tertiary/aromatic N) is 4. The number of methoxy groups -OCH3 is 1. The summed E-state index contributed by atoms with van der Waals surface area (Å²) in [5, 5.41) is 0. The molecule has 1 aliphatic rings. The largest absolute Gasteiger partial charge is 0.494 e. The summed E-state index contributed by atoms with van der Waals surface area (Å²) < 4.78 is 77.5. The maximum absolute atomic E-state index is 14.5. The Kier molecular flexibility index (Phi) is 6.21. The number of aromatic nitrogens is 2. The number of carbonyl (C=O) groups is 1. The molecule has 1 amide bonds. The molecular weight excluding hydrogens is 473 g/mol. The number of benzene rings is 2. The van der Waals surface area contributed by atoms with Crippen LogP contribution in [-0.2, 0) is 6.18 Å². The van der Waals surface area contributed by atoms with E-state index in [1.165, 1.54) is 13.2 Å². The fourth-order valence-electron chi connectivity index (χ4n) is 3.93. The van der Waals surface area contributed by atoms with Gasteiger partial charge < -0.3 is 15.4 Å². The third kappa shape index (κ3) is 4.42. The zero-order chi connectivity index (χ0) is 25.5. The van der Waals surface area contributed by atoms with E-state index in [-0.39, 0.29) is 41.8 Å². The van der Waals surface area contributed by atoms with Crippen LogP contribution in [0.2, 0.25) is 0 Å². The SMILES string of the molecule is [C-]#[N+]c1ccc(-c2nc(C(=O)N3CC[C@H](N)C3)c(C(F)(F)F)n2-c2ccc(OC)c(F)c2)cc1F. The number of ether oxygens (including phenoxy) is 1. The minimum Gasteiger partial charge on any atom is -0.494 e. The van der Waals surface area contributed by atoms with Gasteiger partial charge in [0.2, 0.25) is 5.69 Å². The summed E-state index contributed by atoms with van der Waals surface area (Å²) in [5.74, 6) is -3.61. The molecule has 0 saturated carbocycles. The summed E-state index contributed by atoms with van der Waals surface area (Å²) >= 11 is 0. The highest BCUT2D eigenvalue weighted by molar-refractivity contribution is 5.95. The van der Waals surface area contributed by atoms with Gasteiger partial charge in [0, 0.05) is 30.8 Å². The first-order valence-electron chi connectivity index (χ1n) is 10.3. The van der Waals surface area contributed by atoms with Crippen LogP contribution in [0.1, 0.15) is 22.6 Å². The topological polar surface area (TPSA) is 77.7 Å². The fourth-order valence-corrected chi connectivity index (χ4v) is 3.93. The van der Waals surface area contributed by atoms with E-state index in [4.69, 9.17) is 17.0 Å². The second-order valence-corrected chi connectivity index (χ2v) is 7.86. The van der Waals surface area contributed by atoms with Gasteiger partial charge in [-0.2, -0.15) is 13.2 Å². The van der Waals surface area contributed by atoms with Crippen molar-refractivity contribution in [3.8, 4) is 22.8 Å². The Morgan fingerprint density at radius 3 is 2.49 bits per heavy atom. The number of rotatable bonds is 4. The van der Waals surface area contributed by atoms with Crippen LogP contribution < -0.4 is 10.5 Å². The van der Waals surface area contributed by atoms with Crippen LogP contribution in [0.15, 0.2) is 36.4 Å². The van der Waals surface area contributed by atoms with E-state index in [0.29, 0.717) is 11.0 Å². The first-order valence-corrected chi connectivity index (χ1v) is 10.3. The van der Waals surface area contributed by atoms with Crippen LogP contribution in [0, 0.1) is 18.2 Å². The Labute approximate surface area is 196 Å². The van der Waals surface area contributed by atoms with Crippen molar-refractivity contribution in [2.45, 2.75) is 18.6 Å². The minimum atomic E-state index is -5.09. The van der Waals surface area contributed by atoms with Gasteiger partial charge in [-0.15, -0.1) is 0 Å². The number of nitrogens with two attached hydrogens (primary N) is 1. The quantitative estimate of drug-likeness (QED) is 0.429. The van der Waals surface area contributed by atoms with Gasteiger partial charge in [0.05, 0.1) is 19.4 Å². The van der Waals surface area contributed by atoms with Crippen molar-refractivity contribution in [2.24, 2.45) is 5.73 Å². The number of hydrogen-bond donors (Lipinski definition) is 1. The van der Waals surface area contributed by atoms with Gasteiger partial charge in [-0.3, -0.25) is 9.36 Å². The van der Waals surface area contributed by atoms with Crippen LogP contribution in [0.5, 0.6) is 5.75 Å². The standard InChI is InChI=1S/C23H18F5N5O2/c1-30-17-5-3-12(9-15(17)24)21-31-19(22(34)32-8-7-13(29)11-32)20(23(26,27)28)33(21)14-4-6-18(35-2)16(25)10-14/h3-6,9-10,13H,7-8,11,29H2,2H3/t13-/m0/s1. The summed E-state index contributed by atoms with van der Waals surface area (Å²) in [6.45, 7) is 7.18. The lowest BCUT2D eigenvalue weighted by Crippen LogP contribution is -2.33. The highest BCUT2D eigenvalue weighted by atomic mass is 19.4. The van der Waals surface area contributed by atoms with E-state index in [9.17, 15) is 26.7 Å². The molecule has 0 unspecified atom stereocenters. The normalized spacial score (nSPS) is 15.8. The predicted molar refractivity (Wildman–Crippen MR) is 115 cm³/mol. The maximum Gasteiger partial charge on any atom is 0.434 e. The van der Waals surface area contributed by atoms with E-state index in [1.807, 2.05) is 0 Å². The smallest absolute Gasteiger partial charge is 0.434 e. The number of hydrogen-bond acceptors (Lipinski definition) is 4. The van der Waals surface area contributed by atoms with E-state index in [1.54, 1.807) is 0 Å². The third-order valence-electron chi connectivity index (χ3n) is 5.58. The molecule has 1 fully saturated rings. The molecule has 2 aromatic carbocycles. The summed E-state index contributed by atoms with van der Waals surface area (Å²) in [7, 11) is 1.20. The molecule has 1 atom stereocenters. The van der Waals surface area contributed by atoms with Gasteiger partial charge in [-0.05, 0) is 24.6 Å². The lowest BCUT2D eigenvalue weighted by Gasteiger charge is -2.18. The Morgan fingerprint density at radius 1 is 1.20 bits per heavy atom. The molecule has 2 heterocycles. The van der Waals surface area contributed by atoms with Crippen molar-refractivity contribution in [1.29, 1.82) is 0 Å². The predicted octanol–water partition coefficient (Wildman–Crippen LogP) is 4.57. The van der Waals surface area contributed by atoms with Gasteiger partial charge >= 0.3 is 6.18 Å². The number of halogens is 5. The summed E-state index contributed by atoms with van der Waals surface area (Å²) in [6, 6.07) is 5.81. The Morgan fingerprint density at radius 2 is 1.94 bits per heavy atom. The van der Waals surface area contributed by atoms with Gasteiger partial charge in [0.25, 0.3) is 5.91 Å². The summed E-state index contributed by atoms with van der Waals surface area (Å²) in [5.41, 5.74) is 2.63. The molecule has 35 heavy (non-hydrogen) atoms. The lowest BCUT2D eigenvalue weighted by atomic mass is 10.1. The monoisotopic (exact) mass is 491 g/mol. The molecule has 3 aromatic rings. The Balaban J connectivity index is 2.02. The van der Waals surface area contributed by atoms with E-state index in [2.05, 4.69) is 9.83 Å². The zero-order valence-corrected chi connectivity index (χ0v) is 18.2. The summed E-state index contributed by atoms with van der Waals surface area (Å²) in [6.07, 6.45) is -4.68. The van der Waals surface area contributed by atoms with E-state index < -0.39 is 40.9 Å². The molecule has 7 nitrogen and oxygen atoms in total. The molecule has 1 aliphatic heterocycles. The van der Waals surface area contributed by atoms with Crippen LogP contribution in [-0.4, -0.2) is 46.6 Å². The fraction of sp³-hybridized carbons (Fsp3) is 0.261. The van der Waals surface area contributed by atoms with Crippen molar-refractivity contribution >= 4 is 11.6 Å². The van der Waals surface area contributed by atoms with Crippen LogP contribution >= 0.6 is 0 Å². The molecule has 0 bridgehead atoms.